The molecular formula is C25H26N4O2S. The number of hydrogen-bond donors (Lipinski definition) is 1. The molecule has 0 aliphatic carbocycles. The second-order valence-electron chi connectivity index (χ2n) is 7.87. The molecule has 164 valence electrons. The van der Waals surface area contributed by atoms with E-state index in [0.29, 0.717) is 6.54 Å². The van der Waals surface area contributed by atoms with Gasteiger partial charge in [0.25, 0.3) is 0 Å². The summed E-state index contributed by atoms with van der Waals surface area (Å²) in [6, 6.07) is 20.8. The van der Waals surface area contributed by atoms with E-state index >= 15 is 0 Å². The van der Waals surface area contributed by atoms with Crippen molar-refractivity contribution in [3.8, 4) is 16.2 Å². The largest absolute Gasteiger partial charge is 0.497 e. The van der Waals surface area contributed by atoms with Crippen LogP contribution < -0.4 is 10.1 Å². The molecule has 0 spiro atoms. The summed E-state index contributed by atoms with van der Waals surface area (Å²) in [7, 11) is 1.68. The summed E-state index contributed by atoms with van der Waals surface area (Å²) in [6.07, 6.45) is 1.75. The highest BCUT2D eigenvalue weighted by molar-refractivity contribution is 7.22. The maximum Gasteiger partial charge on any atom is 0.147 e. The lowest BCUT2D eigenvalue weighted by Crippen LogP contribution is -2.44. The third-order valence-electron chi connectivity index (χ3n) is 5.65. The zero-order valence-corrected chi connectivity index (χ0v) is 18.8. The molecule has 2 aromatic heterocycles. The molecule has 6 nitrogen and oxygen atoms in total. The molecular weight excluding hydrogens is 420 g/mol. The average molecular weight is 447 g/mol. The van der Waals surface area contributed by atoms with E-state index in [4.69, 9.17) is 9.47 Å². The fourth-order valence-corrected chi connectivity index (χ4v) is 5.06. The monoisotopic (exact) mass is 446 g/mol. The lowest BCUT2D eigenvalue weighted by molar-refractivity contribution is -0.0240. The van der Waals surface area contributed by atoms with Gasteiger partial charge < -0.3 is 14.8 Å². The fraction of sp³-hybridized carbons (Fsp3) is 0.280. The maximum atomic E-state index is 6.02. The van der Waals surface area contributed by atoms with E-state index < -0.39 is 0 Å². The van der Waals surface area contributed by atoms with Gasteiger partial charge in [0.1, 0.15) is 17.9 Å². The Labute approximate surface area is 191 Å². The van der Waals surface area contributed by atoms with Crippen LogP contribution >= 0.6 is 11.3 Å². The van der Waals surface area contributed by atoms with E-state index in [1.807, 2.05) is 12.1 Å². The molecule has 2 aromatic carbocycles. The molecule has 0 radical (unpaired) electrons. The molecule has 1 aliphatic rings. The average Bonchev–Trinajstić information content (AvgIpc) is 3.29. The molecule has 32 heavy (non-hydrogen) atoms. The minimum Gasteiger partial charge on any atom is -0.497 e. The maximum absolute atomic E-state index is 6.02. The Bertz CT molecular complexity index is 1160. The third-order valence-corrected chi connectivity index (χ3v) is 6.83. The van der Waals surface area contributed by atoms with Crippen LogP contribution in [0.4, 0.5) is 5.82 Å². The summed E-state index contributed by atoms with van der Waals surface area (Å²) in [5.74, 6) is 1.72. The Balaban J connectivity index is 1.26. The van der Waals surface area contributed by atoms with E-state index in [-0.39, 0.29) is 6.10 Å². The molecule has 7 heteroatoms. The van der Waals surface area contributed by atoms with Crippen molar-refractivity contribution in [1.82, 2.24) is 14.9 Å². The van der Waals surface area contributed by atoms with Gasteiger partial charge in [0.15, 0.2) is 0 Å². The van der Waals surface area contributed by atoms with Crippen molar-refractivity contribution >= 4 is 27.4 Å². The predicted octanol–water partition coefficient (Wildman–Crippen LogP) is 4.68. The number of aromatic nitrogens is 2. The van der Waals surface area contributed by atoms with E-state index in [1.165, 1.54) is 5.56 Å². The zero-order valence-electron chi connectivity index (χ0n) is 18.0. The highest BCUT2D eigenvalue weighted by atomic mass is 32.1. The van der Waals surface area contributed by atoms with Crippen LogP contribution in [0, 0.1) is 0 Å². The Morgan fingerprint density at radius 1 is 1.12 bits per heavy atom. The Hall–Kier alpha value is -3.00. The number of nitrogens with one attached hydrogen (secondary N) is 1. The molecule has 1 fully saturated rings. The molecule has 0 bridgehead atoms. The van der Waals surface area contributed by atoms with Crippen molar-refractivity contribution in [3.63, 3.8) is 0 Å². The van der Waals surface area contributed by atoms with Crippen LogP contribution in [-0.4, -0.2) is 54.3 Å². The first-order valence-electron chi connectivity index (χ1n) is 10.8. The van der Waals surface area contributed by atoms with E-state index in [2.05, 4.69) is 68.7 Å². The molecule has 3 heterocycles. The number of ether oxygens (including phenoxy) is 2. The van der Waals surface area contributed by atoms with Crippen molar-refractivity contribution < 1.29 is 9.47 Å². The number of nitrogens with zero attached hydrogens (tertiary/aromatic N) is 3. The highest BCUT2D eigenvalue weighted by Gasteiger charge is 2.21. The number of thiophene rings is 1. The first kappa shape index (κ1) is 20.9. The van der Waals surface area contributed by atoms with Crippen LogP contribution in [0.2, 0.25) is 0 Å². The van der Waals surface area contributed by atoms with Gasteiger partial charge in [-0.1, -0.05) is 30.3 Å². The number of rotatable bonds is 7. The molecule has 1 saturated heterocycles. The molecule has 0 saturated carbocycles. The smallest absolute Gasteiger partial charge is 0.147 e. The third kappa shape index (κ3) is 4.75. The zero-order chi connectivity index (χ0) is 21.8. The molecule has 1 N–H and O–H groups in total. The molecule has 4 aromatic rings. The fourth-order valence-electron chi connectivity index (χ4n) is 3.98. The van der Waals surface area contributed by atoms with Crippen molar-refractivity contribution in [2.24, 2.45) is 0 Å². The second-order valence-corrected chi connectivity index (χ2v) is 8.92. The van der Waals surface area contributed by atoms with Crippen LogP contribution in [0.25, 0.3) is 20.7 Å². The lowest BCUT2D eigenvalue weighted by Gasteiger charge is -2.33. The summed E-state index contributed by atoms with van der Waals surface area (Å²) in [5.41, 5.74) is 3.43. The predicted molar refractivity (Wildman–Crippen MR) is 129 cm³/mol. The molecule has 0 amide bonds. The first-order chi connectivity index (χ1) is 15.8. The van der Waals surface area contributed by atoms with Gasteiger partial charge in [-0.05, 0) is 41.5 Å². The standard InChI is InChI=1S/C25H26N4O2S/c1-30-20-9-7-19(8-10-20)23-13-22-24(32-23)25(28-17-27-22)26-14-21-16-29(11-12-31-21)15-18-5-3-2-4-6-18/h2-10,13,17,21H,11-12,14-16H2,1H3,(H,26,27,28)/t21-/m0/s1. The lowest BCUT2D eigenvalue weighted by atomic mass is 10.2. The Morgan fingerprint density at radius 2 is 1.97 bits per heavy atom. The van der Waals surface area contributed by atoms with E-state index in [9.17, 15) is 0 Å². The second kappa shape index (κ2) is 9.65. The quantitative estimate of drug-likeness (QED) is 0.445. The van der Waals surface area contributed by atoms with Crippen LogP contribution in [0.1, 0.15) is 5.56 Å². The van der Waals surface area contributed by atoms with Gasteiger partial charge in [-0.15, -0.1) is 11.3 Å². The van der Waals surface area contributed by atoms with Gasteiger partial charge >= 0.3 is 0 Å². The van der Waals surface area contributed by atoms with Gasteiger partial charge in [-0.3, -0.25) is 4.90 Å². The van der Waals surface area contributed by atoms with Crippen molar-refractivity contribution in [2.45, 2.75) is 12.6 Å². The number of methoxy groups -OCH3 is 1. The summed E-state index contributed by atoms with van der Waals surface area (Å²) in [5, 5.41) is 3.51. The van der Waals surface area contributed by atoms with E-state index in [1.54, 1.807) is 24.8 Å². The summed E-state index contributed by atoms with van der Waals surface area (Å²) in [4.78, 5) is 12.6. The Morgan fingerprint density at radius 3 is 2.78 bits per heavy atom. The van der Waals surface area contributed by atoms with Crippen molar-refractivity contribution in [2.75, 3.05) is 38.7 Å². The molecule has 1 atom stereocenters. The number of anilines is 1. The van der Waals surface area contributed by atoms with Crippen LogP contribution in [0.15, 0.2) is 67.0 Å². The number of hydrogen-bond acceptors (Lipinski definition) is 7. The topological polar surface area (TPSA) is 59.5 Å². The van der Waals surface area contributed by atoms with Gasteiger partial charge in [0, 0.05) is 31.1 Å². The van der Waals surface area contributed by atoms with Gasteiger partial charge in [0.05, 0.1) is 30.0 Å². The summed E-state index contributed by atoms with van der Waals surface area (Å²) < 4.78 is 12.4. The summed E-state index contributed by atoms with van der Waals surface area (Å²) in [6.45, 7) is 4.28. The molecule has 0 unspecified atom stereocenters. The Kier molecular flexibility index (Phi) is 6.29. The van der Waals surface area contributed by atoms with Crippen molar-refractivity contribution in [3.05, 3.63) is 72.6 Å². The number of benzene rings is 2. The van der Waals surface area contributed by atoms with Crippen LogP contribution in [-0.2, 0) is 11.3 Å². The van der Waals surface area contributed by atoms with Crippen LogP contribution in [0.5, 0.6) is 5.75 Å². The SMILES string of the molecule is COc1ccc(-c2cc3ncnc(NC[C@H]4CN(Cc5ccccc5)CCO4)c3s2)cc1. The molecule has 1 aliphatic heterocycles. The first-order valence-corrected chi connectivity index (χ1v) is 11.6. The van der Waals surface area contributed by atoms with E-state index in [0.717, 1.165) is 58.5 Å². The normalized spacial score (nSPS) is 16.8. The van der Waals surface area contributed by atoms with Gasteiger partial charge in [0.2, 0.25) is 0 Å². The van der Waals surface area contributed by atoms with Crippen molar-refractivity contribution in [1.29, 1.82) is 0 Å². The highest BCUT2D eigenvalue weighted by Crippen LogP contribution is 2.36. The van der Waals surface area contributed by atoms with Gasteiger partial charge in [-0.25, -0.2) is 9.97 Å². The number of fused-ring (bicyclic) bond motifs is 1. The summed E-state index contributed by atoms with van der Waals surface area (Å²) >= 11 is 1.70. The minimum atomic E-state index is 0.124. The minimum absolute atomic E-state index is 0.124. The molecule has 5 rings (SSSR count). The van der Waals surface area contributed by atoms with Gasteiger partial charge in [-0.2, -0.15) is 0 Å². The van der Waals surface area contributed by atoms with Crippen LogP contribution in [0.3, 0.4) is 0 Å². The number of morpholine rings is 1.